The van der Waals surface area contributed by atoms with Gasteiger partial charge in [0.25, 0.3) is 0 Å². The van der Waals surface area contributed by atoms with Gasteiger partial charge in [0, 0.05) is 13.1 Å². The molecule has 0 aromatic heterocycles. The number of rotatable bonds is 6. The predicted octanol–water partition coefficient (Wildman–Crippen LogP) is 2.88. The molecule has 0 fully saturated rings. The quantitative estimate of drug-likeness (QED) is 0.862. The van der Waals surface area contributed by atoms with Gasteiger partial charge >= 0.3 is 6.03 Å². The van der Waals surface area contributed by atoms with Gasteiger partial charge in [0.05, 0.1) is 7.11 Å². The molecule has 2 aromatic carbocycles. The van der Waals surface area contributed by atoms with E-state index in [2.05, 4.69) is 10.6 Å². The second kappa shape index (κ2) is 8.02. The first kappa shape index (κ1) is 15.8. The molecule has 0 unspecified atom stereocenters. The maximum absolute atomic E-state index is 13.0. The highest BCUT2D eigenvalue weighted by molar-refractivity contribution is 5.73. The molecule has 5 heteroatoms. The van der Waals surface area contributed by atoms with Gasteiger partial charge in [0.15, 0.2) is 0 Å². The molecule has 0 spiro atoms. The normalized spacial score (nSPS) is 10.1. The first-order valence-corrected chi connectivity index (χ1v) is 7.07. The molecular weight excluding hydrogens is 283 g/mol. The van der Waals surface area contributed by atoms with Crippen LogP contribution in [0.2, 0.25) is 0 Å². The SMILES string of the molecule is COc1ccccc1CCNC(=O)NCc1cccc(F)c1. The zero-order valence-corrected chi connectivity index (χ0v) is 12.4. The van der Waals surface area contributed by atoms with Crippen molar-refractivity contribution < 1.29 is 13.9 Å². The van der Waals surface area contributed by atoms with Crippen LogP contribution in [-0.4, -0.2) is 19.7 Å². The lowest BCUT2D eigenvalue weighted by atomic mass is 10.1. The topological polar surface area (TPSA) is 50.4 Å². The van der Waals surface area contributed by atoms with Gasteiger partial charge in [-0.05, 0) is 35.7 Å². The summed E-state index contributed by atoms with van der Waals surface area (Å²) in [7, 11) is 1.62. The summed E-state index contributed by atoms with van der Waals surface area (Å²) in [6, 6.07) is 13.6. The van der Waals surface area contributed by atoms with Crippen LogP contribution >= 0.6 is 0 Å². The smallest absolute Gasteiger partial charge is 0.315 e. The van der Waals surface area contributed by atoms with Gasteiger partial charge in [-0.3, -0.25) is 0 Å². The number of carbonyl (C=O) groups is 1. The van der Waals surface area contributed by atoms with Crippen LogP contribution in [0.25, 0.3) is 0 Å². The largest absolute Gasteiger partial charge is 0.496 e. The van der Waals surface area contributed by atoms with Gasteiger partial charge in [0.2, 0.25) is 0 Å². The lowest BCUT2D eigenvalue weighted by Crippen LogP contribution is -2.36. The zero-order valence-electron chi connectivity index (χ0n) is 12.4. The van der Waals surface area contributed by atoms with Crippen molar-refractivity contribution in [2.24, 2.45) is 0 Å². The number of nitrogens with one attached hydrogen (secondary N) is 2. The van der Waals surface area contributed by atoms with E-state index < -0.39 is 0 Å². The van der Waals surface area contributed by atoms with Crippen LogP contribution in [0.15, 0.2) is 48.5 Å². The molecule has 2 amide bonds. The number of amides is 2. The average Bonchev–Trinajstić information content (AvgIpc) is 2.53. The molecule has 0 saturated carbocycles. The summed E-state index contributed by atoms with van der Waals surface area (Å²) in [6.07, 6.45) is 0.678. The predicted molar refractivity (Wildman–Crippen MR) is 83.3 cm³/mol. The van der Waals surface area contributed by atoms with E-state index in [1.54, 1.807) is 19.2 Å². The Morgan fingerprint density at radius 2 is 1.95 bits per heavy atom. The Balaban J connectivity index is 1.74. The molecule has 0 heterocycles. The van der Waals surface area contributed by atoms with Gasteiger partial charge in [-0.1, -0.05) is 30.3 Å². The highest BCUT2D eigenvalue weighted by atomic mass is 19.1. The number of carbonyl (C=O) groups excluding carboxylic acids is 1. The van der Waals surface area contributed by atoms with Gasteiger partial charge in [-0.25, -0.2) is 9.18 Å². The molecule has 0 atom stereocenters. The van der Waals surface area contributed by atoms with Gasteiger partial charge in [-0.2, -0.15) is 0 Å². The van der Waals surface area contributed by atoms with Crippen LogP contribution in [0.5, 0.6) is 5.75 Å². The highest BCUT2D eigenvalue weighted by Gasteiger charge is 2.04. The summed E-state index contributed by atoms with van der Waals surface area (Å²) in [4.78, 5) is 11.7. The standard InChI is InChI=1S/C17H19FN2O2/c1-22-16-8-3-2-6-14(16)9-10-19-17(21)20-12-13-5-4-7-15(18)11-13/h2-8,11H,9-10,12H2,1H3,(H2,19,20,21). The Labute approximate surface area is 129 Å². The number of methoxy groups -OCH3 is 1. The number of para-hydroxylation sites is 1. The second-order valence-electron chi connectivity index (χ2n) is 4.80. The number of ether oxygens (including phenoxy) is 1. The van der Waals surface area contributed by atoms with Crippen LogP contribution in [0.1, 0.15) is 11.1 Å². The molecule has 0 bridgehead atoms. The summed E-state index contributed by atoms with van der Waals surface area (Å²) >= 11 is 0. The van der Waals surface area contributed by atoms with Crippen molar-refractivity contribution in [3.05, 3.63) is 65.5 Å². The van der Waals surface area contributed by atoms with Crippen molar-refractivity contribution in [2.45, 2.75) is 13.0 Å². The van der Waals surface area contributed by atoms with E-state index in [1.165, 1.54) is 12.1 Å². The van der Waals surface area contributed by atoms with E-state index in [-0.39, 0.29) is 18.4 Å². The van der Waals surface area contributed by atoms with Gasteiger partial charge in [-0.15, -0.1) is 0 Å². The van der Waals surface area contributed by atoms with Crippen molar-refractivity contribution in [3.8, 4) is 5.75 Å². The van der Waals surface area contributed by atoms with Crippen molar-refractivity contribution in [1.29, 1.82) is 0 Å². The Morgan fingerprint density at radius 3 is 2.73 bits per heavy atom. The number of urea groups is 1. The molecule has 0 aliphatic rings. The molecule has 2 aromatic rings. The van der Waals surface area contributed by atoms with Gasteiger partial charge < -0.3 is 15.4 Å². The third-order valence-electron chi connectivity index (χ3n) is 3.21. The monoisotopic (exact) mass is 302 g/mol. The summed E-state index contributed by atoms with van der Waals surface area (Å²) in [5, 5.41) is 5.46. The van der Waals surface area contributed by atoms with Crippen molar-refractivity contribution in [3.63, 3.8) is 0 Å². The molecule has 22 heavy (non-hydrogen) atoms. The van der Waals surface area contributed by atoms with Crippen LogP contribution in [0, 0.1) is 5.82 Å². The molecule has 0 radical (unpaired) electrons. The Bertz CT molecular complexity index is 632. The fourth-order valence-corrected chi connectivity index (χ4v) is 2.11. The second-order valence-corrected chi connectivity index (χ2v) is 4.80. The molecule has 2 N–H and O–H groups in total. The minimum atomic E-state index is -0.309. The minimum absolute atomic E-state index is 0.279. The molecule has 0 aliphatic heterocycles. The lowest BCUT2D eigenvalue weighted by Gasteiger charge is -2.10. The van der Waals surface area contributed by atoms with E-state index in [0.29, 0.717) is 13.0 Å². The fourth-order valence-electron chi connectivity index (χ4n) is 2.11. The molecule has 4 nitrogen and oxygen atoms in total. The van der Waals surface area contributed by atoms with Crippen LogP contribution in [-0.2, 0) is 13.0 Å². The van der Waals surface area contributed by atoms with E-state index in [9.17, 15) is 9.18 Å². The summed E-state index contributed by atoms with van der Waals surface area (Å²) < 4.78 is 18.3. The molecule has 116 valence electrons. The lowest BCUT2D eigenvalue weighted by molar-refractivity contribution is 0.240. The highest BCUT2D eigenvalue weighted by Crippen LogP contribution is 2.17. The number of benzene rings is 2. The maximum Gasteiger partial charge on any atom is 0.315 e. The number of hydrogen-bond acceptors (Lipinski definition) is 2. The first-order valence-electron chi connectivity index (χ1n) is 7.07. The van der Waals surface area contributed by atoms with Crippen molar-refractivity contribution >= 4 is 6.03 Å². The molecule has 0 aliphatic carbocycles. The Hall–Kier alpha value is -2.56. The zero-order chi connectivity index (χ0) is 15.8. The molecule has 2 rings (SSSR count). The molecule has 0 saturated heterocycles. The Morgan fingerprint density at radius 1 is 1.14 bits per heavy atom. The van der Waals surface area contributed by atoms with Crippen molar-refractivity contribution in [1.82, 2.24) is 10.6 Å². The van der Waals surface area contributed by atoms with Crippen LogP contribution in [0.4, 0.5) is 9.18 Å². The fraction of sp³-hybridized carbons (Fsp3) is 0.235. The minimum Gasteiger partial charge on any atom is -0.496 e. The maximum atomic E-state index is 13.0. The van der Waals surface area contributed by atoms with Crippen LogP contribution in [0.3, 0.4) is 0 Å². The van der Waals surface area contributed by atoms with E-state index in [1.807, 2.05) is 24.3 Å². The third kappa shape index (κ3) is 4.77. The number of halogens is 1. The average molecular weight is 302 g/mol. The summed E-state index contributed by atoms with van der Waals surface area (Å²) in [5.41, 5.74) is 1.76. The van der Waals surface area contributed by atoms with E-state index >= 15 is 0 Å². The van der Waals surface area contributed by atoms with Crippen molar-refractivity contribution in [2.75, 3.05) is 13.7 Å². The first-order chi connectivity index (χ1) is 10.7. The third-order valence-corrected chi connectivity index (χ3v) is 3.21. The number of hydrogen-bond donors (Lipinski definition) is 2. The van der Waals surface area contributed by atoms with E-state index in [4.69, 9.17) is 4.74 Å². The van der Waals surface area contributed by atoms with Gasteiger partial charge in [0.1, 0.15) is 11.6 Å². The summed E-state index contributed by atoms with van der Waals surface area (Å²) in [5.74, 6) is 0.500. The van der Waals surface area contributed by atoms with Crippen LogP contribution < -0.4 is 15.4 Å². The molecular formula is C17H19FN2O2. The Kier molecular flexibility index (Phi) is 5.77. The summed E-state index contributed by atoms with van der Waals surface area (Å²) in [6.45, 7) is 0.785. The van der Waals surface area contributed by atoms with E-state index in [0.717, 1.165) is 16.9 Å².